The van der Waals surface area contributed by atoms with Crippen LogP contribution >= 0.6 is 24.5 Å². The third-order valence-electron chi connectivity index (χ3n) is 17.1. The van der Waals surface area contributed by atoms with Gasteiger partial charge >= 0.3 is 148 Å². The second-order valence-electron chi connectivity index (χ2n) is 12.8. The molecule has 0 aromatic heterocycles. The number of halogens is 1. The van der Waals surface area contributed by atoms with Gasteiger partial charge in [-0.2, -0.15) is 0 Å². The second-order valence-corrected chi connectivity index (χ2v) is 39.3. The standard InChI is InChI=1S/C17H13BrP.C5H5.Fe/c18-17-15(13-7-2-1-3-8-13)11-6-12-16(17)19-14-9-4-5-10-14;1-2-4-5-3-1;/h1-12,19H;1-5H;. The predicted molar refractivity (Wildman–Crippen MR) is 104 cm³/mol. The van der Waals surface area contributed by atoms with Gasteiger partial charge in [-0.05, 0) is 0 Å². The first-order chi connectivity index (χ1) is 12.0. The van der Waals surface area contributed by atoms with Gasteiger partial charge in [0, 0.05) is 0 Å². The van der Waals surface area contributed by atoms with Gasteiger partial charge in [0.2, 0.25) is 0 Å². The van der Waals surface area contributed by atoms with Crippen molar-refractivity contribution >= 4 is 29.8 Å². The van der Waals surface area contributed by atoms with E-state index in [0.29, 0.717) is 0 Å². The van der Waals surface area contributed by atoms with Crippen LogP contribution in [0.25, 0.3) is 11.1 Å². The van der Waals surface area contributed by atoms with E-state index in [1.807, 2.05) is 0 Å². The molecule has 0 amide bonds. The van der Waals surface area contributed by atoms with Gasteiger partial charge in [0.25, 0.3) is 0 Å². The Labute approximate surface area is 147 Å². The molecule has 2 aromatic rings. The minimum atomic E-state index is -2.92. The van der Waals surface area contributed by atoms with Gasteiger partial charge in [-0.15, -0.1) is 0 Å². The van der Waals surface area contributed by atoms with Crippen LogP contribution in [-0.4, -0.2) is 4.05 Å². The van der Waals surface area contributed by atoms with Gasteiger partial charge in [-0.3, -0.25) is 0 Å². The van der Waals surface area contributed by atoms with Gasteiger partial charge in [0.05, 0.1) is 0 Å². The maximum absolute atomic E-state index is 4.06. The van der Waals surface area contributed by atoms with Crippen molar-refractivity contribution in [1.29, 1.82) is 0 Å². The van der Waals surface area contributed by atoms with Crippen molar-refractivity contribution in [2.45, 2.75) is 47.4 Å². The minimum absolute atomic E-state index is 1.02. The molecule has 10 aliphatic heterocycles. The topological polar surface area (TPSA) is 0 Å². The van der Waals surface area contributed by atoms with E-state index in [2.05, 4.69) is 64.5 Å². The molecule has 0 bridgehead atoms. The molecule has 5 unspecified atom stereocenters. The Morgan fingerprint density at radius 2 is 1.40 bits per heavy atom. The molecule has 5 atom stereocenters. The van der Waals surface area contributed by atoms with E-state index >= 15 is 0 Å². The third kappa shape index (κ3) is 0.192. The van der Waals surface area contributed by atoms with Crippen molar-refractivity contribution in [3.63, 3.8) is 0 Å². The molecule has 12 rings (SSSR count). The molecule has 25 heavy (non-hydrogen) atoms. The summed E-state index contributed by atoms with van der Waals surface area (Å²) in [4.78, 5) is 13.0. The summed E-state index contributed by atoms with van der Waals surface area (Å²) >= 11 is 4.06. The first kappa shape index (κ1) is 11.0. The van der Waals surface area contributed by atoms with Crippen LogP contribution in [0.15, 0.2) is 53.0 Å². The van der Waals surface area contributed by atoms with Crippen molar-refractivity contribution in [3.8, 4) is 11.1 Å². The molecule has 0 aliphatic carbocycles. The Balaban J connectivity index is 1.14. The summed E-state index contributed by atoms with van der Waals surface area (Å²) in [5, 5.41) is 1.69. The Morgan fingerprint density at radius 1 is 0.760 bits per heavy atom. The third-order valence-corrected chi connectivity index (χ3v) is 66.8. The number of hydrogen-bond acceptors (Lipinski definition) is 0. The molecular formula is C22H18BrFeP. The monoisotopic (exact) mass is 448 g/mol. The van der Waals surface area contributed by atoms with Crippen LogP contribution in [0.2, 0.25) is 43.3 Å². The summed E-state index contributed by atoms with van der Waals surface area (Å²) in [6, 6.07) is 18.1. The Morgan fingerprint density at radius 3 is 1.92 bits per heavy atom. The zero-order chi connectivity index (χ0) is 15.7. The van der Waals surface area contributed by atoms with Crippen LogP contribution in [0, 0.1) is 0 Å². The van der Waals surface area contributed by atoms with E-state index in [1.165, 1.54) is 67.5 Å². The van der Waals surface area contributed by atoms with Crippen molar-refractivity contribution in [1.82, 2.24) is 0 Å². The van der Waals surface area contributed by atoms with Crippen LogP contribution in [0.1, 0.15) is 0 Å². The zero-order valence-electron chi connectivity index (χ0n) is 13.5. The molecule has 10 heterocycles. The van der Waals surface area contributed by atoms with Gasteiger partial charge in [-0.1, -0.05) is 0 Å². The normalized spacial score (nSPS) is 85.1. The summed E-state index contributed by atoms with van der Waals surface area (Å²) in [7, 11) is 1.17. The summed E-state index contributed by atoms with van der Waals surface area (Å²) in [6.07, 6.45) is 0. The molecule has 10 saturated heterocycles. The summed E-state index contributed by atoms with van der Waals surface area (Å²) in [6.45, 7) is -2.92. The quantitative estimate of drug-likeness (QED) is 0.361. The molecule has 3 heteroatoms. The number of hydrogen-bond donors (Lipinski definition) is 0. The van der Waals surface area contributed by atoms with Crippen LogP contribution in [-0.2, 0) is 6.51 Å². The Bertz CT molecular complexity index is 1440. The van der Waals surface area contributed by atoms with Crippen LogP contribution < -0.4 is 5.30 Å². The SMILES string of the molecule is Brc1c(P[C]23[CH]4[CH]5[CH]6[CH]2[Fe]56432789[CH]3[CH]2[CH]7[CH]8[CH]39)cccc1-c1ccccc1. The Kier molecular flexibility index (Phi) is 0.563. The maximum atomic E-state index is 4.06. The number of fused-ring (bicyclic) bond motifs is 10. The first-order valence-corrected chi connectivity index (χ1v) is 17.9. The second kappa shape index (κ2) is 1.28. The van der Waals surface area contributed by atoms with Gasteiger partial charge in [0.15, 0.2) is 0 Å². The van der Waals surface area contributed by atoms with Crippen LogP contribution in [0.5, 0.6) is 0 Å². The average Bonchev–Trinajstić information content (AvgIpc) is 3.58. The average molecular weight is 449 g/mol. The molecule has 0 nitrogen and oxygen atoms in total. The molecule has 126 valence electrons. The number of rotatable bonds is 3. The fourth-order valence-corrected chi connectivity index (χ4v) is 105. The molecular weight excluding hydrogens is 431 g/mol. The van der Waals surface area contributed by atoms with Crippen molar-refractivity contribution in [3.05, 3.63) is 53.0 Å². The van der Waals surface area contributed by atoms with Crippen molar-refractivity contribution in [2.24, 2.45) is 0 Å². The first-order valence-electron chi connectivity index (χ1n) is 9.85. The fraction of sp³-hybridized carbons (Fsp3) is 0.455. The van der Waals surface area contributed by atoms with E-state index < -0.39 is 6.51 Å². The molecule has 10 aliphatic rings. The van der Waals surface area contributed by atoms with E-state index in [9.17, 15) is 0 Å². The van der Waals surface area contributed by atoms with Crippen LogP contribution in [0.3, 0.4) is 0 Å². The molecule has 0 radical (unpaired) electrons. The molecule has 2 aromatic carbocycles. The number of benzene rings is 2. The van der Waals surface area contributed by atoms with Crippen molar-refractivity contribution < 1.29 is 6.51 Å². The predicted octanol–water partition coefficient (Wildman–Crippen LogP) is 6.72. The van der Waals surface area contributed by atoms with Crippen molar-refractivity contribution in [2.75, 3.05) is 0 Å². The zero-order valence-corrected chi connectivity index (χ0v) is 17.2. The molecule has 10 fully saturated rings. The fourth-order valence-electron chi connectivity index (χ4n) is 18.2. The molecule has 1 spiro atoms. The van der Waals surface area contributed by atoms with E-state index in [0.717, 1.165) is 4.05 Å². The summed E-state index contributed by atoms with van der Waals surface area (Å²) in [5.74, 6) is 0. The van der Waals surface area contributed by atoms with Gasteiger partial charge in [-0.25, -0.2) is 0 Å². The van der Waals surface area contributed by atoms with E-state index in [4.69, 9.17) is 0 Å². The van der Waals surface area contributed by atoms with E-state index in [-0.39, 0.29) is 0 Å². The van der Waals surface area contributed by atoms with Gasteiger partial charge in [0.1, 0.15) is 0 Å². The summed E-state index contributed by atoms with van der Waals surface area (Å²) < 4.78 is 2.45. The van der Waals surface area contributed by atoms with Crippen LogP contribution in [0.4, 0.5) is 0 Å². The summed E-state index contributed by atoms with van der Waals surface area (Å²) in [5.41, 5.74) is 2.78. The molecule has 0 N–H and O–H groups in total. The molecule has 0 saturated carbocycles. The van der Waals surface area contributed by atoms with Gasteiger partial charge < -0.3 is 0 Å². The Hall–Kier alpha value is -0.131. The van der Waals surface area contributed by atoms with E-state index in [1.54, 1.807) is 5.30 Å².